The minimum atomic E-state index is -0.466. The molecule has 6 rings (SSSR count). The molecule has 3 aromatic heterocycles. The number of hydrogen-bond acceptors (Lipinski definition) is 7. The van der Waals surface area contributed by atoms with E-state index in [1.54, 1.807) is 7.05 Å². The van der Waals surface area contributed by atoms with E-state index >= 15 is 0 Å². The Kier molecular flexibility index (Phi) is 6.65. The highest BCUT2D eigenvalue weighted by Crippen LogP contribution is 2.34. The molecule has 1 aliphatic carbocycles. The highest BCUT2D eigenvalue weighted by atomic mass is 16.3. The van der Waals surface area contributed by atoms with Crippen molar-refractivity contribution in [1.29, 1.82) is 0 Å². The quantitative estimate of drug-likeness (QED) is 0.333. The largest absolute Gasteiger partial charge is 0.395 e. The number of aliphatic hydroxyl groups is 1. The van der Waals surface area contributed by atoms with E-state index in [0.29, 0.717) is 23.5 Å². The predicted octanol–water partition coefficient (Wildman–Crippen LogP) is 2.83. The number of tetrazole rings is 1. The first-order valence-corrected chi connectivity index (χ1v) is 13.3. The third-order valence-corrected chi connectivity index (χ3v) is 7.69. The van der Waals surface area contributed by atoms with Crippen LogP contribution in [0, 0.1) is 0 Å². The Hall–Kier alpha value is -4.38. The molecule has 11 heteroatoms. The number of nitrogens with one attached hydrogen (secondary N) is 1. The van der Waals surface area contributed by atoms with Gasteiger partial charge in [-0.1, -0.05) is 67.8 Å². The van der Waals surface area contributed by atoms with Gasteiger partial charge in [-0.3, -0.25) is 13.9 Å². The number of aliphatic hydroxyl groups excluding tert-OH is 1. The van der Waals surface area contributed by atoms with Crippen molar-refractivity contribution in [2.75, 3.05) is 6.61 Å². The number of aromatic amines is 1. The minimum Gasteiger partial charge on any atom is -0.395 e. The second-order valence-corrected chi connectivity index (χ2v) is 10.1. The zero-order valence-corrected chi connectivity index (χ0v) is 21.7. The third kappa shape index (κ3) is 4.48. The van der Waals surface area contributed by atoms with Gasteiger partial charge in [0.05, 0.1) is 13.2 Å². The van der Waals surface area contributed by atoms with Crippen molar-refractivity contribution in [3.8, 4) is 22.5 Å². The molecule has 3 heterocycles. The molecule has 2 aromatic carbocycles. The standard InChI is InChI=1S/C28H30N8O3/c1-34-26-23(27(38)35(15-16-37)28(34)39)36(25(29-26)20-7-3-2-4-8-20)17-18-11-13-19(14-12-18)21-9-5-6-10-22(21)24-30-32-33-31-24/h5-6,9-14,20,37H,2-4,7-8,15-17H2,1H3,(H,30,31,32,33). The summed E-state index contributed by atoms with van der Waals surface area (Å²) in [5.74, 6) is 1.68. The summed E-state index contributed by atoms with van der Waals surface area (Å²) in [7, 11) is 1.64. The zero-order chi connectivity index (χ0) is 26.9. The summed E-state index contributed by atoms with van der Waals surface area (Å²) in [5, 5.41) is 23.8. The summed E-state index contributed by atoms with van der Waals surface area (Å²) >= 11 is 0. The number of aryl methyl sites for hydroxylation is 1. The Labute approximate surface area is 223 Å². The highest BCUT2D eigenvalue weighted by molar-refractivity contribution is 5.80. The van der Waals surface area contributed by atoms with E-state index in [4.69, 9.17) is 4.98 Å². The fraction of sp³-hybridized carbons (Fsp3) is 0.357. The van der Waals surface area contributed by atoms with E-state index < -0.39 is 11.2 Å². The topological polar surface area (TPSA) is 137 Å². The number of benzene rings is 2. The second-order valence-electron chi connectivity index (χ2n) is 10.1. The molecule has 2 N–H and O–H groups in total. The van der Waals surface area contributed by atoms with Crippen LogP contribution in [-0.2, 0) is 20.1 Å². The highest BCUT2D eigenvalue weighted by Gasteiger charge is 2.26. The van der Waals surface area contributed by atoms with Gasteiger partial charge in [-0.25, -0.2) is 14.9 Å². The van der Waals surface area contributed by atoms with Crippen molar-refractivity contribution >= 4 is 11.2 Å². The lowest BCUT2D eigenvalue weighted by molar-refractivity contribution is 0.271. The SMILES string of the molecule is Cn1c(=O)n(CCO)c(=O)c2c1nc(C1CCCCC1)n2Cc1ccc(-c2ccccc2-c2nnn[nH]2)cc1. The maximum Gasteiger partial charge on any atom is 0.332 e. The molecule has 0 amide bonds. The van der Waals surface area contributed by atoms with Crippen LogP contribution in [0.5, 0.6) is 0 Å². The number of imidazole rings is 1. The van der Waals surface area contributed by atoms with E-state index in [2.05, 4.69) is 44.9 Å². The van der Waals surface area contributed by atoms with Crippen LogP contribution in [0.3, 0.4) is 0 Å². The number of aromatic nitrogens is 8. The Morgan fingerprint density at radius 2 is 1.72 bits per heavy atom. The van der Waals surface area contributed by atoms with Gasteiger partial charge in [-0.15, -0.1) is 5.10 Å². The van der Waals surface area contributed by atoms with Gasteiger partial charge in [0.2, 0.25) is 0 Å². The van der Waals surface area contributed by atoms with Crippen LogP contribution in [0.2, 0.25) is 0 Å². The average Bonchev–Trinajstić information content (AvgIpc) is 3.64. The first kappa shape index (κ1) is 24.9. The van der Waals surface area contributed by atoms with Gasteiger partial charge in [-0.05, 0) is 40.0 Å². The Morgan fingerprint density at radius 3 is 2.41 bits per heavy atom. The van der Waals surface area contributed by atoms with Crippen LogP contribution < -0.4 is 11.2 Å². The normalized spacial score (nSPS) is 14.3. The van der Waals surface area contributed by atoms with Crippen molar-refractivity contribution in [1.82, 2.24) is 39.3 Å². The van der Waals surface area contributed by atoms with Crippen LogP contribution in [-0.4, -0.2) is 51.0 Å². The Balaban J connectivity index is 1.44. The molecule has 0 aliphatic heterocycles. The molecule has 39 heavy (non-hydrogen) atoms. The summed E-state index contributed by atoms with van der Waals surface area (Å²) in [5.41, 5.74) is 3.84. The number of fused-ring (bicyclic) bond motifs is 1. The summed E-state index contributed by atoms with van der Waals surface area (Å²) < 4.78 is 4.52. The fourth-order valence-electron chi connectivity index (χ4n) is 5.70. The predicted molar refractivity (Wildman–Crippen MR) is 146 cm³/mol. The molecule has 0 saturated heterocycles. The van der Waals surface area contributed by atoms with Crippen molar-refractivity contribution in [3.05, 3.63) is 80.8 Å². The van der Waals surface area contributed by atoms with Gasteiger partial charge in [0.15, 0.2) is 17.0 Å². The first-order valence-electron chi connectivity index (χ1n) is 13.3. The fourth-order valence-corrected chi connectivity index (χ4v) is 5.70. The molecule has 0 spiro atoms. The van der Waals surface area contributed by atoms with E-state index in [-0.39, 0.29) is 19.1 Å². The van der Waals surface area contributed by atoms with Crippen LogP contribution in [0.25, 0.3) is 33.7 Å². The lowest BCUT2D eigenvalue weighted by Gasteiger charge is -2.22. The summed E-state index contributed by atoms with van der Waals surface area (Å²) in [4.78, 5) is 31.3. The molecule has 0 unspecified atom stereocenters. The van der Waals surface area contributed by atoms with Gasteiger partial charge in [-0.2, -0.15) is 0 Å². The molecule has 1 saturated carbocycles. The maximum atomic E-state index is 13.5. The zero-order valence-electron chi connectivity index (χ0n) is 21.7. The Bertz CT molecular complexity index is 1730. The van der Waals surface area contributed by atoms with Gasteiger partial charge < -0.3 is 9.67 Å². The van der Waals surface area contributed by atoms with Crippen LogP contribution >= 0.6 is 0 Å². The molecule has 200 valence electrons. The molecule has 1 fully saturated rings. The summed E-state index contributed by atoms with van der Waals surface area (Å²) in [6, 6.07) is 16.1. The molecule has 0 radical (unpaired) electrons. The van der Waals surface area contributed by atoms with Crippen LogP contribution in [0.15, 0.2) is 58.1 Å². The second kappa shape index (κ2) is 10.4. The molecule has 0 bridgehead atoms. The van der Waals surface area contributed by atoms with Gasteiger partial charge in [0.25, 0.3) is 5.56 Å². The van der Waals surface area contributed by atoms with Crippen molar-refractivity contribution < 1.29 is 5.11 Å². The molecule has 0 atom stereocenters. The number of nitrogens with zero attached hydrogens (tertiary/aromatic N) is 7. The average molecular weight is 527 g/mol. The van der Waals surface area contributed by atoms with Crippen LogP contribution in [0.1, 0.15) is 49.4 Å². The number of H-pyrrole nitrogens is 1. The van der Waals surface area contributed by atoms with E-state index in [1.165, 1.54) is 11.0 Å². The lowest BCUT2D eigenvalue weighted by Crippen LogP contribution is -2.40. The molecule has 1 aliphatic rings. The number of hydrogen-bond donors (Lipinski definition) is 2. The van der Waals surface area contributed by atoms with Gasteiger partial charge in [0.1, 0.15) is 5.82 Å². The van der Waals surface area contributed by atoms with Gasteiger partial charge in [0, 0.05) is 25.1 Å². The number of rotatable bonds is 7. The van der Waals surface area contributed by atoms with Crippen LogP contribution in [0.4, 0.5) is 0 Å². The summed E-state index contributed by atoms with van der Waals surface area (Å²) in [6.07, 6.45) is 5.46. The third-order valence-electron chi connectivity index (χ3n) is 7.69. The van der Waals surface area contributed by atoms with Crippen molar-refractivity contribution in [2.24, 2.45) is 7.05 Å². The smallest absolute Gasteiger partial charge is 0.332 e. The van der Waals surface area contributed by atoms with Crippen molar-refractivity contribution in [3.63, 3.8) is 0 Å². The maximum absolute atomic E-state index is 13.5. The van der Waals surface area contributed by atoms with Gasteiger partial charge >= 0.3 is 5.69 Å². The van der Waals surface area contributed by atoms with E-state index in [1.807, 2.05) is 28.8 Å². The monoisotopic (exact) mass is 526 g/mol. The lowest BCUT2D eigenvalue weighted by atomic mass is 9.88. The molecule has 11 nitrogen and oxygen atoms in total. The van der Waals surface area contributed by atoms with E-state index in [0.717, 1.165) is 58.3 Å². The Morgan fingerprint density at radius 1 is 0.974 bits per heavy atom. The minimum absolute atomic E-state index is 0.0554. The first-order chi connectivity index (χ1) is 19.1. The van der Waals surface area contributed by atoms with Crippen molar-refractivity contribution in [2.45, 2.75) is 51.1 Å². The molecular formula is C28H30N8O3. The molecular weight excluding hydrogens is 496 g/mol. The molecule has 5 aromatic rings. The van der Waals surface area contributed by atoms with E-state index in [9.17, 15) is 14.7 Å². The summed E-state index contributed by atoms with van der Waals surface area (Å²) in [6.45, 7) is 0.0976.